The molecule has 16 heteroatoms. The molecule has 0 aromatic rings. The van der Waals surface area contributed by atoms with Crippen molar-refractivity contribution in [1.82, 2.24) is 5.32 Å². The van der Waals surface area contributed by atoms with Crippen LogP contribution in [-0.2, 0) is 38.4 Å². The monoisotopic (exact) mass is 459 g/mol. The third-order valence-electron chi connectivity index (χ3n) is 3.69. The molecule has 0 saturated carbocycles. The van der Waals surface area contributed by atoms with Crippen LogP contribution >= 0.6 is 0 Å². The SMILES string of the molecule is CC(=O)N[C@@H](C=O)[C@@H](O[C@@H]1OC(C(=O)O)=C[C@H](O)[C@H]1O)[C@@H](O)[C@H](O)COS(=O)(=O)O. The minimum absolute atomic E-state index is 0.0607. The Morgan fingerprint density at radius 3 is 2.40 bits per heavy atom. The van der Waals surface area contributed by atoms with Crippen LogP contribution in [0.15, 0.2) is 11.8 Å². The van der Waals surface area contributed by atoms with Gasteiger partial charge in [0.25, 0.3) is 0 Å². The summed E-state index contributed by atoms with van der Waals surface area (Å²) in [6, 6.07) is -1.72. The highest BCUT2D eigenvalue weighted by atomic mass is 32.3. The van der Waals surface area contributed by atoms with E-state index in [0.29, 0.717) is 6.08 Å². The van der Waals surface area contributed by atoms with E-state index < -0.39 is 77.5 Å². The molecular weight excluding hydrogens is 438 g/mol. The van der Waals surface area contributed by atoms with E-state index in [2.05, 4.69) is 4.18 Å². The summed E-state index contributed by atoms with van der Waals surface area (Å²) in [5.41, 5.74) is 0. The van der Waals surface area contributed by atoms with Crippen LogP contribution in [0.2, 0.25) is 0 Å². The van der Waals surface area contributed by atoms with Crippen molar-refractivity contribution in [3.63, 3.8) is 0 Å². The van der Waals surface area contributed by atoms with Gasteiger partial charge in [-0.15, -0.1) is 0 Å². The Balaban J connectivity index is 3.14. The van der Waals surface area contributed by atoms with Crippen molar-refractivity contribution in [3.05, 3.63) is 11.8 Å². The lowest BCUT2D eigenvalue weighted by Crippen LogP contribution is -2.58. The largest absolute Gasteiger partial charge is 0.475 e. The zero-order valence-corrected chi connectivity index (χ0v) is 16.1. The Bertz CT molecular complexity index is 767. The number of carbonyl (C=O) groups is 3. The Hall–Kier alpha value is -2.18. The number of aliphatic carboxylic acids is 1. The minimum Gasteiger partial charge on any atom is -0.475 e. The second-order valence-electron chi connectivity index (χ2n) is 6.04. The number of aliphatic hydroxyl groups excluding tert-OH is 4. The van der Waals surface area contributed by atoms with Crippen molar-refractivity contribution in [3.8, 4) is 0 Å². The van der Waals surface area contributed by atoms with Gasteiger partial charge < -0.3 is 45.1 Å². The molecule has 1 heterocycles. The van der Waals surface area contributed by atoms with Gasteiger partial charge in [-0.2, -0.15) is 8.42 Å². The lowest BCUT2D eigenvalue weighted by atomic mass is 10.0. The first-order valence-corrected chi connectivity index (χ1v) is 9.47. The van der Waals surface area contributed by atoms with Crippen molar-refractivity contribution in [2.45, 2.75) is 49.8 Å². The van der Waals surface area contributed by atoms with Crippen LogP contribution in [0.25, 0.3) is 0 Å². The molecule has 0 fully saturated rings. The fraction of sp³-hybridized carbons (Fsp3) is 0.643. The Labute approximate surface area is 169 Å². The standard InChI is InChI=1S/C14H21NO14S/c1-5(17)15-6(3-16)12(10(20)8(19)4-27-30(24,25)26)29-14-11(21)7(18)2-9(28-14)13(22)23/h2-3,6-8,10-12,14,18-21H,4H2,1H3,(H,15,17)(H,22,23)(H,24,25,26)/t6-,7-,8+,10-,11+,12+,14-/m0/s1. The predicted octanol–water partition coefficient (Wildman–Crippen LogP) is -4.34. The molecule has 15 nitrogen and oxygen atoms in total. The van der Waals surface area contributed by atoms with E-state index in [9.17, 15) is 43.2 Å². The van der Waals surface area contributed by atoms with Crippen molar-refractivity contribution in [2.24, 2.45) is 0 Å². The zero-order chi connectivity index (χ0) is 23.2. The highest BCUT2D eigenvalue weighted by Crippen LogP contribution is 2.23. The molecule has 1 amide bonds. The maximum Gasteiger partial charge on any atom is 0.397 e. The van der Waals surface area contributed by atoms with E-state index in [0.717, 1.165) is 6.92 Å². The molecule has 0 bridgehead atoms. The first kappa shape index (κ1) is 25.9. The first-order chi connectivity index (χ1) is 13.8. The molecule has 1 aliphatic rings. The summed E-state index contributed by atoms with van der Waals surface area (Å²) in [6.07, 6.45) is -11.3. The van der Waals surface area contributed by atoms with Gasteiger partial charge in [-0.1, -0.05) is 0 Å². The lowest BCUT2D eigenvalue weighted by molar-refractivity contribution is -0.247. The molecule has 0 spiro atoms. The van der Waals surface area contributed by atoms with E-state index in [1.807, 2.05) is 5.32 Å². The molecule has 7 atom stereocenters. The Morgan fingerprint density at radius 2 is 1.93 bits per heavy atom. The van der Waals surface area contributed by atoms with Crippen molar-refractivity contribution in [1.29, 1.82) is 0 Å². The second kappa shape index (κ2) is 10.7. The van der Waals surface area contributed by atoms with E-state index in [-0.39, 0.29) is 6.29 Å². The molecule has 0 aliphatic carbocycles. The van der Waals surface area contributed by atoms with Crippen molar-refractivity contribution < 1.29 is 66.5 Å². The van der Waals surface area contributed by atoms with Crippen molar-refractivity contribution in [2.75, 3.05) is 6.61 Å². The van der Waals surface area contributed by atoms with Crippen LogP contribution in [0, 0.1) is 0 Å². The number of nitrogens with one attached hydrogen (secondary N) is 1. The molecule has 172 valence electrons. The van der Waals surface area contributed by atoms with Gasteiger partial charge in [0.1, 0.15) is 42.8 Å². The van der Waals surface area contributed by atoms with Crippen molar-refractivity contribution >= 4 is 28.6 Å². The van der Waals surface area contributed by atoms with Crippen LogP contribution in [0.1, 0.15) is 6.92 Å². The molecule has 1 aliphatic heterocycles. The lowest BCUT2D eigenvalue weighted by Gasteiger charge is -2.37. The fourth-order valence-corrected chi connectivity index (χ4v) is 2.62. The van der Waals surface area contributed by atoms with Crippen LogP contribution in [0.3, 0.4) is 0 Å². The quantitative estimate of drug-likeness (QED) is 0.114. The highest BCUT2D eigenvalue weighted by Gasteiger charge is 2.42. The number of rotatable bonds is 11. The summed E-state index contributed by atoms with van der Waals surface area (Å²) in [5, 5.41) is 50.9. The number of hydrogen-bond acceptors (Lipinski definition) is 12. The number of carbonyl (C=O) groups excluding carboxylic acids is 2. The Morgan fingerprint density at radius 1 is 1.33 bits per heavy atom. The second-order valence-corrected chi connectivity index (χ2v) is 7.13. The molecule has 30 heavy (non-hydrogen) atoms. The topological polar surface area (TPSA) is 246 Å². The summed E-state index contributed by atoms with van der Waals surface area (Å²) < 4.78 is 43.7. The minimum atomic E-state index is -5.00. The summed E-state index contributed by atoms with van der Waals surface area (Å²) >= 11 is 0. The molecule has 0 saturated heterocycles. The number of carboxylic acid groups (broad SMARTS) is 1. The van der Waals surface area contributed by atoms with Gasteiger partial charge in [-0.25, -0.2) is 8.98 Å². The van der Waals surface area contributed by atoms with E-state index in [1.165, 1.54) is 0 Å². The predicted molar refractivity (Wildman–Crippen MR) is 90.7 cm³/mol. The van der Waals surface area contributed by atoms with Gasteiger partial charge in [-0.3, -0.25) is 9.35 Å². The van der Waals surface area contributed by atoms with Gasteiger partial charge in [-0.05, 0) is 6.08 Å². The number of aldehydes is 1. The first-order valence-electron chi connectivity index (χ1n) is 8.10. The van der Waals surface area contributed by atoms with Gasteiger partial charge in [0.05, 0.1) is 6.61 Å². The average Bonchev–Trinajstić information content (AvgIpc) is 2.63. The summed E-state index contributed by atoms with van der Waals surface area (Å²) in [7, 11) is -5.00. The number of aliphatic hydroxyl groups is 4. The smallest absolute Gasteiger partial charge is 0.397 e. The van der Waals surface area contributed by atoms with Crippen LogP contribution in [0.4, 0.5) is 0 Å². The third-order valence-corrected chi connectivity index (χ3v) is 4.12. The number of ether oxygens (including phenoxy) is 2. The van der Waals surface area contributed by atoms with Gasteiger partial charge in [0, 0.05) is 6.92 Å². The molecular formula is C14H21NO14S. The number of hydrogen-bond donors (Lipinski definition) is 7. The molecule has 0 unspecified atom stereocenters. The van der Waals surface area contributed by atoms with Crippen LogP contribution in [0.5, 0.6) is 0 Å². The highest BCUT2D eigenvalue weighted by molar-refractivity contribution is 7.80. The fourth-order valence-electron chi connectivity index (χ4n) is 2.31. The number of amides is 1. The molecule has 0 aromatic heterocycles. The summed E-state index contributed by atoms with van der Waals surface area (Å²) in [6.45, 7) is -0.221. The van der Waals surface area contributed by atoms with E-state index >= 15 is 0 Å². The zero-order valence-electron chi connectivity index (χ0n) is 15.3. The summed E-state index contributed by atoms with van der Waals surface area (Å²) in [5.74, 6) is -3.29. The third kappa shape index (κ3) is 7.58. The molecule has 7 N–H and O–H groups in total. The molecule has 0 radical (unpaired) electrons. The normalized spacial score (nSPS) is 25.8. The van der Waals surface area contributed by atoms with Gasteiger partial charge in [0.2, 0.25) is 18.0 Å². The van der Waals surface area contributed by atoms with Gasteiger partial charge in [0.15, 0.2) is 0 Å². The molecule has 0 aromatic carbocycles. The number of carboxylic acids is 1. The van der Waals surface area contributed by atoms with Crippen LogP contribution in [-0.4, -0.2) is 106 Å². The van der Waals surface area contributed by atoms with Crippen LogP contribution < -0.4 is 5.32 Å². The summed E-state index contributed by atoms with van der Waals surface area (Å²) in [4.78, 5) is 33.7. The van der Waals surface area contributed by atoms with Gasteiger partial charge >= 0.3 is 16.4 Å². The maximum atomic E-state index is 11.4. The van der Waals surface area contributed by atoms with E-state index in [4.69, 9.17) is 19.1 Å². The Kier molecular flexibility index (Phi) is 9.25. The van der Waals surface area contributed by atoms with E-state index in [1.54, 1.807) is 0 Å². The maximum absolute atomic E-state index is 11.4. The average molecular weight is 459 g/mol. The molecule has 1 rings (SSSR count).